The normalized spacial score (nSPS) is 15.7. The Morgan fingerprint density at radius 1 is 1.15 bits per heavy atom. The number of rotatable bonds is 3. The van der Waals surface area contributed by atoms with Gasteiger partial charge in [-0.3, -0.25) is 4.79 Å². The summed E-state index contributed by atoms with van der Waals surface area (Å²) in [6.07, 6.45) is 0.728. The van der Waals surface area contributed by atoms with Gasteiger partial charge in [-0.15, -0.1) is 0 Å². The lowest BCUT2D eigenvalue weighted by atomic mass is 10.00. The molecule has 1 aromatic heterocycles. The number of amides is 1. The Hall–Kier alpha value is -3.08. The van der Waals surface area contributed by atoms with Crippen LogP contribution in [0.25, 0.3) is 5.69 Å². The molecule has 138 valence electrons. The molecular formula is C22H21FN2O2. The van der Waals surface area contributed by atoms with E-state index in [1.54, 1.807) is 6.07 Å². The van der Waals surface area contributed by atoms with Gasteiger partial charge in [0.1, 0.15) is 11.6 Å². The molecule has 0 bridgehead atoms. The van der Waals surface area contributed by atoms with E-state index in [2.05, 4.69) is 5.32 Å². The lowest BCUT2D eigenvalue weighted by molar-refractivity contribution is 0.0924. The third kappa shape index (κ3) is 3.21. The van der Waals surface area contributed by atoms with E-state index < -0.39 is 0 Å². The van der Waals surface area contributed by atoms with Gasteiger partial charge in [0.15, 0.2) is 0 Å². The van der Waals surface area contributed by atoms with Crippen LogP contribution in [0, 0.1) is 19.7 Å². The lowest BCUT2D eigenvalue weighted by Crippen LogP contribution is -2.32. The van der Waals surface area contributed by atoms with Crippen LogP contribution in [0.5, 0.6) is 5.75 Å². The second-order valence-corrected chi connectivity index (χ2v) is 6.80. The molecule has 0 fully saturated rings. The number of hydrogen-bond donors (Lipinski definition) is 1. The summed E-state index contributed by atoms with van der Waals surface area (Å²) in [5.74, 6) is 0.386. The van der Waals surface area contributed by atoms with Crippen molar-refractivity contribution in [3.8, 4) is 11.4 Å². The zero-order valence-corrected chi connectivity index (χ0v) is 15.3. The number of hydrogen-bond acceptors (Lipinski definition) is 2. The maximum atomic E-state index is 13.6. The van der Waals surface area contributed by atoms with Gasteiger partial charge in [-0.1, -0.05) is 24.3 Å². The highest BCUT2D eigenvalue weighted by Crippen LogP contribution is 2.32. The number of aromatic nitrogens is 1. The Bertz CT molecular complexity index is 1010. The average molecular weight is 364 g/mol. The number of carbonyl (C=O) groups is 1. The largest absolute Gasteiger partial charge is 0.493 e. The maximum absolute atomic E-state index is 13.6. The summed E-state index contributed by atoms with van der Waals surface area (Å²) in [6.45, 7) is 4.37. The summed E-state index contributed by atoms with van der Waals surface area (Å²) >= 11 is 0. The molecule has 27 heavy (non-hydrogen) atoms. The minimum atomic E-state index is -0.301. The van der Waals surface area contributed by atoms with E-state index >= 15 is 0 Å². The van der Waals surface area contributed by atoms with E-state index in [-0.39, 0.29) is 17.8 Å². The van der Waals surface area contributed by atoms with Gasteiger partial charge in [0.2, 0.25) is 0 Å². The van der Waals surface area contributed by atoms with Crippen molar-refractivity contribution in [1.82, 2.24) is 9.88 Å². The van der Waals surface area contributed by atoms with E-state index in [9.17, 15) is 9.18 Å². The third-order valence-corrected chi connectivity index (χ3v) is 5.01. The van der Waals surface area contributed by atoms with Crippen LogP contribution in [0.1, 0.15) is 39.8 Å². The van der Waals surface area contributed by atoms with Crippen molar-refractivity contribution in [2.75, 3.05) is 6.61 Å². The highest BCUT2D eigenvalue weighted by atomic mass is 19.1. The first-order valence-electron chi connectivity index (χ1n) is 9.02. The molecule has 1 N–H and O–H groups in total. The van der Waals surface area contributed by atoms with Crippen molar-refractivity contribution in [3.63, 3.8) is 0 Å². The monoisotopic (exact) mass is 364 g/mol. The quantitative estimate of drug-likeness (QED) is 0.744. The fourth-order valence-corrected chi connectivity index (χ4v) is 3.73. The van der Waals surface area contributed by atoms with Crippen LogP contribution in [0.4, 0.5) is 4.39 Å². The molecule has 5 heteroatoms. The molecule has 2 aromatic carbocycles. The number of halogens is 1. The predicted octanol–water partition coefficient (Wildman–Crippen LogP) is 4.49. The molecule has 1 aliphatic rings. The Kier molecular flexibility index (Phi) is 4.44. The summed E-state index contributed by atoms with van der Waals surface area (Å²) in [5, 5.41) is 3.13. The van der Waals surface area contributed by atoms with Crippen LogP contribution in [-0.2, 0) is 0 Å². The Balaban J connectivity index is 1.63. The first kappa shape index (κ1) is 17.3. The molecule has 1 unspecified atom stereocenters. The van der Waals surface area contributed by atoms with Crippen molar-refractivity contribution in [2.45, 2.75) is 26.3 Å². The van der Waals surface area contributed by atoms with Crippen molar-refractivity contribution in [2.24, 2.45) is 0 Å². The molecule has 1 atom stereocenters. The first-order valence-corrected chi connectivity index (χ1v) is 9.02. The van der Waals surface area contributed by atoms with Crippen LogP contribution in [0.2, 0.25) is 0 Å². The average Bonchev–Trinajstić information content (AvgIpc) is 2.96. The Labute approximate surface area is 157 Å². The van der Waals surface area contributed by atoms with Crippen LogP contribution in [0.3, 0.4) is 0 Å². The number of fused-ring (bicyclic) bond motifs is 1. The first-order chi connectivity index (χ1) is 13.0. The van der Waals surface area contributed by atoms with Crippen LogP contribution < -0.4 is 10.1 Å². The number of aryl methyl sites for hydroxylation is 1. The molecule has 4 nitrogen and oxygen atoms in total. The molecule has 4 rings (SSSR count). The highest BCUT2D eigenvalue weighted by molar-refractivity contribution is 5.96. The minimum Gasteiger partial charge on any atom is -0.493 e. The number of nitrogens with zero attached hydrogens (tertiary/aromatic N) is 1. The van der Waals surface area contributed by atoms with E-state index in [1.165, 1.54) is 12.1 Å². The van der Waals surface area contributed by atoms with Crippen LogP contribution in [-0.4, -0.2) is 17.1 Å². The lowest BCUT2D eigenvalue weighted by Gasteiger charge is -2.26. The summed E-state index contributed by atoms with van der Waals surface area (Å²) in [7, 11) is 0. The van der Waals surface area contributed by atoms with Gasteiger partial charge in [0, 0.05) is 29.1 Å². The molecule has 0 aliphatic carbocycles. The summed E-state index contributed by atoms with van der Waals surface area (Å²) in [5.41, 5.74) is 3.98. The topological polar surface area (TPSA) is 43.3 Å². The second-order valence-electron chi connectivity index (χ2n) is 6.80. The maximum Gasteiger partial charge on any atom is 0.253 e. The van der Waals surface area contributed by atoms with Gasteiger partial charge in [-0.25, -0.2) is 4.39 Å². The summed E-state index contributed by atoms with van der Waals surface area (Å²) in [6, 6.07) is 15.9. The summed E-state index contributed by atoms with van der Waals surface area (Å²) < 4.78 is 21.2. The third-order valence-electron chi connectivity index (χ3n) is 5.01. The van der Waals surface area contributed by atoms with Crippen molar-refractivity contribution >= 4 is 5.91 Å². The zero-order valence-electron chi connectivity index (χ0n) is 15.3. The number of nitrogens with one attached hydrogen (secondary N) is 1. The second kappa shape index (κ2) is 6.91. The van der Waals surface area contributed by atoms with Gasteiger partial charge in [0.05, 0.1) is 18.2 Å². The van der Waals surface area contributed by atoms with Gasteiger partial charge in [-0.05, 0) is 44.2 Å². The Morgan fingerprint density at radius 3 is 2.78 bits per heavy atom. The molecule has 1 aliphatic heterocycles. The molecule has 0 spiro atoms. The van der Waals surface area contributed by atoms with Gasteiger partial charge in [0.25, 0.3) is 5.91 Å². The fourth-order valence-electron chi connectivity index (χ4n) is 3.73. The SMILES string of the molecule is Cc1cc(C(=O)NC2CCOc3ccccc32)c(C)n1-c1cccc(F)c1. The number of ether oxygens (including phenoxy) is 1. The van der Waals surface area contributed by atoms with E-state index in [4.69, 9.17) is 4.74 Å². The predicted molar refractivity (Wildman–Crippen MR) is 102 cm³/mol. The van der Waals surface area contributed by atoms with Crippen molar-refractivity contribution in [3.05, 3.63) is 82.9 Å². The Morgan fingerprint density at radius 2 is 1.96 bits per heavy atom. The van der Waals surface area contributed by atoms with E-state index in [0.29, 0.717) is 17.9 Å². The molecule has 0 saturated carbocycles. The van der Waals surface area contributed by atoms with Gasteiger partial charge in [-0.2, -0.15) is 0 Å². The molecule has 0 radical (unpaired) electrons. The van der Waals surface area contributed by atoms with Crippen molar-refractivity contribution in [1.29, 1.82) is 0 Å². The number of para-hydroxylation sites is 1. The van der Waals surface area contributed by atoms with Gasteiger partial charge < -0.3 is 14.6 Å². The van der Waals surface area contributed by atoms with E-state index in [0.717, 1.165) is 29.1 Å². The molecule has 3 aromatic rings. The summed E-state index contributed by atoms with van der Waals surface area (Å²) in [4.78, 5) is 13.0. The fraction of sp³-hybridized carbons (Fsp3) is 0.227. The molecule has 0 saturated heterocycles. The van der Waals surface area contributed by atoms with Gasteiger partial charge >= 0.3 is 0 Å². The molecule has 1 amide bonds. The van der Waals surface area contributed by atoms with Crippen LogP contribution in [0.15, 0.2) is 54.6 Å². The zero-order chi connectivity index (χ0) is 19.0. The standard InChI is InChI=1S/C22H21FN2O2/c1-14-12-19(15(2)25(14)17-7-5-6-16(23)13-17)22(26)24-20-10-11-27-21-9-4-3-8-18(20)21/h3-9,12-13,20H,10-11H2,1-2H3,(H,24,26). The van der Waals surface area contributed by atoms with E-state index in [1.807, 2.05) is 54.8 Å². The van der Waals surface area contributed by atoms with Crippen molar-refractivity contribution < 1.29 is 13.9 Å². The van der Waals surface area contributed by atoms with Crippen LogP contribution >= 0.6 is 0 Å². The minimum absolute atomic E-state index is 0.0836. The number of carbonyl (C=O) groups excluding carboxylic acids is 1. The number of benzene rings is 2. The highest BCUT2D eigenvalue weighted by Gasteiger charge is 2.25. The smallest absolute Gasteiger partial charge is 0.253 e. The molecule has 2 heterocycles. The molecular weight excluding hydrogens is 343 g/mol.